The van der Waals surface area contributed by atoms with Crippen LogP contribution in [0.3, 0.4) is 0 Å². The number of benzene rings is 1. The molecule has 2 rings (SSSR count). The molecular formula is C23H30N6O9. The van der Waals surface area contributed by atoms with Crippen LogP contribution in [0.1, 0.15) is 25.3 Å². The molecule has 0 aliphatic carbocycles. The number of hydrogen-bond donors (Lipinski definition) is 9. The molecule has 2 aromatic rings. The number of carboxylic acids is 2. The average Bonchev–Trinajstić information content (AvgIpc) is 3.23. The summed E-state index contributed by atoms with van der Waals surface area (Å²) in [5, 5.41) is 36.1. The van der Waals surface area contributed by atoms with E-state index in [1.807, 2.05) is 0 Å². The smallest absolute Gasteiger partial charge is 0.326 e. The minimum absolute atomic E-state index is 0.124. The van der Waals surface area contributed by atoms with Crippen molar-refractivity contribution in [1.82, 2.24) is 20.9 Å². The number of fused-ring (bicyclic) bond motifs is 1. The first kappa shape index (κ1) is 29.7. The van der Waals surface area contributed by atoms with Gasteiger partial charge in [-0.05, 0) is 18.6 Å². The van der Waals surface area contributed by atoms with E-state index in [-0.39, 0.29) is 6.42 Å². The highest BCUT2D eigenvalue weighted by Crippen LogP contribution is 2.19. The van der Waals surface area contributed by atoms with E-state index in [2.05, 4.69) is 20.9 Å². The molecule has 0 aliphatic heterocycles. The second-order valence-electron chi connectivity index (χ2n) is 8.63. The first-order chi connectivity index (χ1) is 17.8. The van der Waals surface area contributed by atoms with Crippen molar-refractivity contribution in [2.45, 2.75) is 56.5 Å². The zero-order valence-corrected chi connectivity index (χ0v) is 20.3. The van der Waals surface area contributed by atoms with E-state index in [0.717, 1.165) is 17.8 Å². The second kappa shape index (κ2) is 13.2. The summed E-state index contributed by atoms with van der Waals surface area (Å²) in [6.07, 6.45) is -1.56. The molecule has 15 nitrogen and oxygen atoms in total. The minimum Gasteiger partial charge on any atom is -0.481 e. The third-order valence-electron chi connectivity index (χ3n) is 5.55. The van der Waals surface area contributed by atoms with Gasteiger partial charge < -0.3 is 47.7 Å². The van der Waals surface area contributed by atoms with Crippen LogP contribution in [0.2, 0.25) is 0 Å². The van der Waals surface area contributed by atoms with Crippen molar-refractivity contribution >= 4 is 46.5 Å². The summed E-state index contributed by atoms with van der Waals surface area (Å²) >= 11 is 0. The van der Waals surface area contributed by atoms with Crippen molar-refractivity contribution in [3.05, 3.63) is 36.0 Å². The Kier molecular flexibility index (Phi) is 10.3. The van der Waals surface area contributed by atoms with Crippen molar-refractivity contribution in [2.75, 3.05) is 0 Å². The van der Waals surface area contributed by atoms with Crippen LogP contribution in [-0.2, 0) is 35.2 Å². The highest BCUT2D eigenvalue weighted by Gasteiger charge is 2.34. The van der Waals surface area contributed by atoms with Crippen molar-refractivity contribution in [1.29, 1.82) is 0 Å². The topological polar surface area (TPSA) is 267 Å². The van der Waals surface area contributed by atoms with E-state index in [4.69, 9.17) is 16.6 Å². The first-order valence-electron chi connectivity index (χ1n) is 11.4. The summed E-state index contributed by atoms with van der Waals surface area (Å²) in [6.45, 7) is 1.15. The highest BCUT2D eigenvalue weighted by atomic mass is 16.4. The third-order valence-corrected chi connectivity index (χ3v) is 5.55. The molecule has 0 spiro atoms. The summed E-state index contributed by atoms with van der Waals surface area (Å²) < 4.78 is 0. The SMILES string of the molecule is CC(O)C(NC(=O)C(CC(=O)O)NC(=O)C(N)CC(N)=O)C(=O)NC(Cc1c[nH]c2ccccc12)C(=O)O. The molecule has 4 amide bonds. The number of nitrogens with one attached hydrogen (secondary N) is 4. The molecule has 0 radical (unpaired) electrons. The van der Waals surface area contributed by atoms with Gasteiger partial charge in [-0.1, -0.05) is 18.2 Å². The largest absolute Gasteiger partial charge is 0.481 e. The Balaban J connectivity index is 2.16. The molecule has 0 aliphatic rings. The predicted octanol–water partition coefficient (Wildman–Crippen LogP) is -2.69. The van der Waals surface area contributed by atoms with Crippen molar-refractivity contribution in [3.8, 4) is 0 Å². The molecule has 11 N–H and O–H groups in total. The monoisotopic (exact) mass is 534 g/mol. The number of aliphatic hydroxyl groups excluding tert-OH is 1. The number of amides is 4. The number of aromatic nitrogens is 1. The van der Waals surface area contributed by atoms with Gasteiger partial charge in [0.25, 0.3) is 0 Å². The lowest BCUT2D eigenvalue weighted by Crippen LogP contribution is -2.60. The zero-order valence-electron chi connectivity index (χ0n) is 20.3. The Hall–Kier alpha value is -4.50. The summed E-state index contributed by atoms with van der Waals surface area (Å²) in [7, 11) is 0. The van der Waals surface area contributed by atoms with E-state index in [0.29, 0.717) is 5.56 Å². The summed E-state index contributed by atoms with van der Waals surface area (Å²) in [5.74, 6) is -7.05. The Bertz CT molecular complexity index is 1210. The molecule has 0 saturated carbocycles. The number of carboxylic acid groups (broad SMARTS) is 2. The van der Waals surface area contributed by atoms with Crippen molar-refractivity contribution in [3.63, 3.8) is 0 Å². The van der Waals surface area contributed by atoms with Crippen LogP contribution in [-0.4, -0.2) is 86.1 Å². The van der Waals surface area contributed by atoms with Crippen LogP contribution >= 0.6 is 0 Å². The van der Waals surface area contributed by atoms with Gasteiger partial charge in [-0.25, -0.2) is 4.79 Å². The van der Waals surface area contributed by atoms with E-state index in [9.17, 15) is 39.0 Å². The Morgan fingerprint density at radius 2 is 1.55 bits per heavy atom. The molecule has 15 heteroatoms. The van der Waals surface area contributed by atoms with Gasteiger partial charge in [-0.15, -0.1) is 0 Å². The van der Waals surface area contributed by atoms with Gasteiger partial charge in [0.15, 0.2) is 0 Å². The Labute approximate surface area is 215 Å². The fraction of sp³-hybridized carbons (Fsp3) is 0.391. The number of carbonyl (C=O) groups is 6. The number of nitrogens with two attached hydrogens (primary N) is 2. The number of hydrogen-bond acceptors (Lipinski definition) is 8. The normalized spacial score (nSPS) is 14.9. The standard InChI is InChI=1S/C23H30N6O9/c1-10(30)19(29-21(35)15(8-18(32)33)27-20(34)13(24)7-17(25)31)22(36)28-16(23(37)38)6-11-9-26-14-5-3-2-4-12(11)14/h2-5,9-10,13,15-16,19,26,30H,6-8,24H2,1H3,(H2,25,31)(H,27,34)(H,28,36)(H,29,35)(H,32,33)(H,37,38). The lowest BCUT2D eigenvalue weighted by atomic mass is 10.0. The van der Waals surface area contributed by atoms with E-state index < -0.39 is 78.7 Å². The minimum atomic E-state index is -1.74. The number of primary amides is 1. The lowest BCUT2D eigenvalue weighted by Gasteiger charge is -2.26. The zero-order chi connectivity index (χ0) is 28.6. The number of carbonyl (C=O) groups excluding carboxylic acids is 4. The van der Waals surface area contributed by atoms with Gasteiger partial charge in [0.2, 0.25) is 23.6 Å². The number of H-pyrrole nitrogens is 1. The summed E-state index contributed by atoms with van der Waals surface area (Å²) in [5.41, 5.74) is 11.8. The maximum Gasteiger partial charge on any atom is 0.326 e. The van der Waals surface area contributed by atoms with E-state index in [1.165, 1.54) is 0 Å². The number of aliphatic hydroxyl groups is 1. The van der Waals surface area contributed by atoms with Gasteiger partial charge >= 0.3 is 11.9 Å². The molecule has 1 aromatic heterocycles. The first-order valence-corrected chi connectivity index (χ1v) is 11.4. The van der Waals surface area contributed by atoms with Crippen molar-refractivity contribution < 1.29 is 44.1 Å². The fourth-order valence-corrected chi connectivity index (χ4v) is 3.61. The van der Waals surface area contributed by atoms with Crippen molar-refractivity contribution in [2.24, 2.45) is 11.5 Å². The van der Waals surface area contributed by atoms with Gasteiger partial charge in [0.1, 0.15) is 18.1 Å². The number of rotatable bonds is 14. The molecule has 206 valence electrons. The van der Waals surface area contributed by atoms with Crippen LogP contribution in [0.15, 0.2) is 30.5 Å². The second-order valence-corrected chi connectivity index (χ2v) is 8.63. The maximum absolute atomic E-state index is 12.9. The molecule has 0 bridgehead atoms. The third kappa shape index (κ3) is 8.28. The molecular weight excluding hydrogens is 504 g/mol. The van der Waals surface area contributed by atoms with Gasteiger partial charge in [-0.2, -0.15) is 0 Å². The van der Waals surface area contributed by atoms with Gasteiger partial charge in [0.05, 0.1) is 25.0 Å². The maximum atomic E-state index is 12.9. The van der Waals surface area contributed by atoms with E-state index >= 15 is 0 Å². The molecule has 1 aromatic carbocycles. The number of para-hydroxylation sites is 1. The predicted molar refractivity (Wildman–Crippen MR) is 131 cm³/mol. The van der Waals surface area contributed by atoms with E-state index in [1.54, 1.807) is 30.5 Å². The van der Waals surface area contributed by atoms with Crippen LogP contribution < -0.4 is 27.4 Å². The Morgan fingerprint density at radius 3 is 2.13 bits per heavy atom. The molecule has 0 saturated heterocycles. The molecule has 5 unspecified atom stereocenters. The van der Waals surface area contributed by atoms with Gasteiger partial charge in [-0.3, -0.25) is 24.0 Å². The molecule has 0 fully saturated rings. The highest BCUT2D eigenvalue weighted by molar-refractivity contribution is 5.96. The molecule has 38 heavy (non-hydrogen) atoms. The average molecular weight is 535 g/mol. The fourth-order valence-electron chi connectivity index (χ4n) is 3.61. The lowest BCUT2D eigenvalue weighted by molar-refractivity contribution is -0.144. The molecule has 5 atom stereocenters. The molecule has 1 heterocycles. The van der Waals surface area contributed by atoms with Crippen LogP contribution in [0.4, 0.5) is 0 Å². The van der Waals surface area contributed by atoms with Crippen LogP contribution in [0.5, 0.6) is 0 Å². The summed E-state index contributed by atoms with van der Waals surface area (Å²) in [4.78, 5) is 74.9. The number of aliphatic carboxylic acids is 2. The van der Waals surface area contributed by atoms with Crippen LogP contribution in [0.25, 0.3) is 10.9 Å². The number of aromatic amines is 1. The quantitative estimate of drug-likeness (QED) is 0.121. The van der Waals surface area contributed by atoms with Gasteiger partial charge in [0, 0.05) is 23.5 Å². The van der Waals surface area contributed by atoms with Crippen LogP contribution in [0, 0.1) is 0 Å². The Morgan fingerprint density at radius 1 is 0.921 bits per heavy atom. The summed E-state index contributed by atoms with van der Waals surface area (Å²) in [6, 6.07) is 0.760.